The van der Waals surface area contributed by atoms with Crippen LogP contribution >= 0.6 is 31.9 Å². The van der Waals surface area contributed by atoms with Gasteiger partial charge in [0, 0.05) is 39.6 Å². The molecule has 6 nitrogen and oxygen atoms in total. The quantitative estimate of drug-likeness (QED) is 0.491. The highest BCUT2D eigenvalue weighted by molar-refractivity contribution is 9.10. The number of ether oxygens (including phenoxy) is 1. The van der Waals surface area contributed by atoms with Gasteiger partial charge in [0.15, 0.2) is 0 Å². The van der Waals surface area contributed by atoms with Crippen LogP contribution in [0.1, 0.15) is 39.8 Å². The average molecular weight is 577 g/mol. The Kier molecular flexibility index (Phi) is 6.14. The molecule has 2 aromatic rings. The van der Waals surface area contributed by atoms with Gasteiger partial charge in [0.1, 0.15) is 5.71 Å². The first-order chi connectivity index (χ1) is 15.8. The molecule has 0 radical (unpaired) electrons. The molecule has 5 rings (SSSR count). The van der Waals surface area contributed by atoms with Gasteiger partial charge in [-0.05, 0) is 74.2 Å². The third-order valence-electron chi connectivity index (χ3n) is 6.69. The molecule has 1 saturated heterocycles. The molecular weight excluding hydrogens is 550 g/mol. The van der Waals surface area contributed by atoms with Crippen molar-refractivity contribution in [1.29, 1.82) is 0 Å². The molecule has 174 valence electrons. The minimum atomic E-state index is -0.817. The molecule has 3 heterocycles. The molecule has 0 amide bonds. The van der Waals surface area contributed by atoms with Crippen molar-refractivity contribution in [3.8, 4) is 0 Å². The Morgan fingerprint density at radius 2 is 1.39 bits per heavy atom. The van der Waals surface area contributed by atoms with E-state index in [-0.39, 0.29) is 6.23 Å². The van der Waals surface area contributed by atoms with Crippen LogP contribution in [0.2, 0.25) is 0 Å². The molecule has 2 unspecified atom stereocenters. The summed E-state index contributed by atoms with van der Waals surface area (Å²) in [6.45, 7) is 11.3. The molecule has 0 N–H and O–H groups in total. The fraction of sp³-hybridized carbons (Fsp3) is 0.440. The van der Waals surface area contributed by atoms with E-state index in [9.17, 15) is 0 Å². The van der Waals surface area contributed by atoms with Crippen LogP contribution in [0.15, 0.2) is 43.5 Å². The lowest BCUT2D eigenvalue weighted by Gasteiger charge is -2.37. The van der Waals surface area contributed by atoms with E-state index in [2.05, 4.69) is 99.0 Å². The van der Waals surface area contributed by atoms with E-state index in [4.69, 9.17) is 14.4 Å². The number of nitrogens with zero attached hydrogens (tertiary/aromatic N) is 3. The smallest absolute Gasteiger partial charge is 0.241 e. The maximum Gasteiger partial charge on any atom is 0.241 e. The summed E-state index contributed by atoms with van der Waals surface area (Å²) in [6, 6.07) is 8.47. The van der Waals surface area contributed by atoms with Gasteiger partial charge in [0.2, 0.25) is 11.8 Å². The zero-order valence-corrected chi connectivity index (χ0v) is 22.4. The van der Waals surface area contributed by atoms with Crippen LogP contribution in [0, 0.1) is 27.7 Å². The molecule has 3 aliphatic rings. The average Bonchev–Trinajstić information content (AvgIpc) is 3.32. The number of hydrogen-bond donors (Lipinski definition) is 0. The molecule has 1 fully saturated rings. The van der Waals surface area contributed by atoms with Crippen LogP contribution in [0.5, 0.6) is 0 Å². The molecule has 33 heavy (non-hydrogen) atoms. The van der Waals surface area contributed by atoms with E-state index < -0.39 is 5.60 Å². The van der Waals surface area contributed by atoms with E-state index in [1.807, 2.05) is 0 Å². The number of aryl methyl sites for hydroxylation is 4. The number of benzene rings is 2. The molecule has 0 bridgehead atoms. The summed E-state index contributed by atoms with van der Waals surface area (Å²) in [5.41, 5.74) is 7.70. The molecule has 0 aliphatic carbocycles. The van der Waals surface area contributed by atoms with Crippen LogP contribution in [-0.2, 0) is 14.4 Å². The molecule has 0 saturated carbocycles. The van der Waals surface area contributed by atoms with Crippen LogP contribution < -0.4 is 0 Å². The van der Waals surface area contributed by atoms with Crippen molar-refractivity contribution < 1.29 is 14.4 Å². The van der Waals surface area contributed by atoms with Crippen LogP contribution in [0.3, 0.4) is 0 Å². The van der Waals surface area contributed by atoms with Gasteiger partial charge in [0.05, 0.1) is 18.9 Å². The van der Waals surface area contributed by atoms with E-state index in [0.29, 0.717) is 19.6 Å². The van der Waals surface area contributed by atoms with Gasteiger partial charge in [0.25, 0.3) is 0 Å². The molecule has 2 atom stereocenters. The molecule has 8 heteroatoms. The van der Waals surface area contributed by atoms with Crippen LogP contribution in [-0.4, -0.2) is 54.5 Å². The molecule has 1 spiro atoms. The fourth-order valence-corrected chi connectivity index (χ4v) is 6.68. The van der Waals surface area contributed by atoms with Crippen molar-refractivity contribution in [2.75, 3.05) is 26.3 Å². The summed E-state index contributed by atoms with van der Waals surface area (Å²) in [5.74, 6) is 0. The van der Waals surface area contributed by atoms with Crippen molar-refractivity contribution in [3.63, 3.8) is 0 Å². The van der Waals surface area contributed by atoms with Crippen molar-refractivity contribution in [2.45, 2.75) is 45.9 Å². The zero-order valence-electron chi connectivity index (χ0n) is 19.2. The van der Waals surface area contributed by atoms with E-state index in [1.54, 1.807) is 0 Å². The number of oxime groups is 2. The number of hydrogen-bond acceptors (Lipinski definition) is 6. The maximum absolute atomic E-state index is 6.41. The van der Waals surface area contributed by atoms with E-state index >= 15 is 0 Å². The van der Waals surface area contributed by atoms with Gasteiger partial charge in [-0.25, -0.2) is 0 Å². The topological polar surface area (TPSA) is 55.7 Å². The second kappa shape index (κ2) is 8.80. The summed E-state index contributed by atoms with van der Waals surface area (Å²) < 4.78 is 7.70. The van der Waals surface area contributed by atoms with Crippen molar-refractivity contribution >= 4 is 43.3 Å². The first-order valence-electron chi connectivity index (χ1n) is 11.2. The summed E-state index contributed by atoms with van der Waals surface area (Å²) in [5, 5.41) is 9.31. The third kappa shape index (κ3) is 3.95. The summed E-state index contributed by atoms with van der Waals surface area (Å²) in [6.07, 6.45) is 0.225. The predicted octanol–water partition coefficient (Wildman–Crippen LogP) is 5.40. The molecule has 0 aromatic heterocycles. The first-order valence-corrected chi connectivity index (χ1v) is 12.7. The minimum Gasteiger partial charge on any atom is -0.379 e. The van der Waals surface area contributed by atoms with E-state index in [1.165, 1.54) is 0 Å². The molecular formula is C25H27Br2N3O3. The molecule has 3 aliphatic heterocycles. The Morgan fingerprint density at radius 1 is 0.848 bits per heavy atom. The zero-order chi connectivity index (χ0) is 23.3. The van der Waals surface area contributed by atoms with Crippen molar-refractivity contribution in [2.24, 2.45) is 10.3 Å². The summed E-state index contributed by atoms with van der Waals surface area (Å²) >= 11 is 7.22. The van der Waals surface area contributed by atoms with Gasteiger partial charge in [-0.1, -0.05) is 42.2 Å². The van der Waals surface area contributed by atoms with Gasteiger partial charge in [-0.3, -0.25) is 4.90 Å². The summed E-state index contributed by atoms with van der Waals surface area (Å²) in [4.78, 5) is 14.8. The van der Waals surface area contributed by atoms with Gasteiger partial charge >= 0.3 is 0 Å². The Balaban J connectivity index is 1.59. The van der Waals surface area contributed by atoms with Gasteiger partial charge < -0.3 is 14.4 Å². The highest BCUT2D eigenvalue weighted by Gasteiger charge is 2.60. The van der Waals surface area contributed by atoms with E-state index in [0.717, 1.165) is 66.8 Å². The van der Waals surface area contributed by atoms with Crippen molar-refractivity contribution in [3.05, 3.63) is 66.6 Å². The third-order valence-corrected chi connectivity index (χ3v) is 7.61. The first kappa shape index (κ1) is 23.0. The maximum atomic E-state index is 6.41. The minimum absolute atomic E-state index is 0.365. The number of morpholine rings is 1. The monoisotopic (exact) mass is 575 g/mol. The number of halogens is 2. The van der Waals surface area contributed by atoms with Gasteiger partial charge in [-0.15, -0.1) is 0 Å². The Morgan fingerprint density at radius 3 is 1.97 bits per heavy atom. The Bertz CT molecular complexity index is 1130. The largest absolute Gasteiger partial charge is 0.379 e. The Hall–Kier alpha value is -1.74. The highest BCUT2D eigenvalue weighted by Crippen LogP contribution is 2.43. The second-order valence-electron chi connectivity index (χ2n) is 9.07. The lowest BCUT2D eigenvalue weighted by molar-refractivity contribution is -0.159. The van der Waals surface area contributed by atoms with Crippen LogP contribution in [0.4, 0.5) is 0 Å². The Labute approximate surface area is 211 Å². The highest BCUT2D eigenvalue weighted by atomic mass is 79.9. The standard InChI is InChI=1S/C25H27Br2N3O3/c1-14-9-18(26)10-15(2)21(14)20-13-25(33-28-20)23(22-16(3)11-19(27)12-17(22)4)29-32-24(25)30-5-7-31-8-6-30/h9-12,24H,5-8,13H2,1-4H3. The fourth-order valence-electron chi connectivity index (χ4n) is 5.31. The van der Waals surface area contributed by atoms with Crippen LogP contribution in [0.25, 0.3) is 0 Å². The lowest BCUT2D eigenvalue weighted by Crippen LogP contribution is -2.57. The molecule has 2 aromatic carbocycles. The SMILES string of the molecule is Cc1cc(Br)cc(C)c1C1=NOC2(C1)C(c1c(C)cc(Br)cc1C)=NOC2N1CCOCC1. The number of rotatable bonds is 3. The van der Waals surface area contributed by atoms with Gasteiger partial charge in [-0.2, -0.15) is 0 Å². The lowest BCUT2D eigenvalue weighted by atomic mass is 9.81. The summed E-state index contributed by atoms with van der Waals surface area (Å²) in [7, 11) is 0. The normalized spacial score (nSPS) is 25.1. The second-order valence-corrected chi connectivity index (χ2v) is 10.9. The predicted molar refractivity (Wildman–Crippen MR) is 136 cm³/mol. The van der Waals surface area contributed by atoms with Crippen molar-refractivity contribution in [1.82, 2.24) is 4.90 Å².